The molecule has 0 unspecified atom stereocenters. The highest BCUT2D eigenvalue weighted by molar-refractivity contribution is 7.14. The van der Waals surface area contributed by atoms with Crippen LogP contribution in [-0.2, 0) is 14.3 Å². The van der Waals surface area contributed by atoms with Gasteiger partial charge < -0.3 is 9.47 Å². The minimum atomic E-state index is -0.551. The molecule has 8 heteroatoms. The second kappa shape index (κ2) is 8.13. The number of esters is 1. The molecule has 0 saturated carbocycles. The number of nitrogens with zero attached hydrogens (tertiary/aromatic N) is 3. The zero-order valence-electron chi connectivity index (χ0n) is 15.3. The summed E-state index contributed by atoms with van der Waals surface area (Å²) in [6.45, 7) is 6.26. The largest absolute Gasteiger partial charge is 0.493 e. The second-order valence-electron chi connectivity index (χ2n) is 5.58. The van der Waals surface area contributed by atoms with Crippen molar-refractivity contribution in [2.24, 2.45) is 4.99 Å². The van der Waals surface area contributed by atoms with E-state index in [0.29, 0.717) is 35.3 Å². The van der Waals surface area contributed by atoms with Crippen molar-refractivity contribution in [3.05, 3.63) is 46.6 Å². The number of anilines is 1. The number of aliphatic imine (C=N–C) groups is 1. The number of aromatic nitrogens is 1. The molecule has 2 heterocycles. The molecule has 3 rings (SSSR count). The Morgan fingerprint density at radius 1 is 1.33 bits per heavy atom. The van der Waals surface area contributed by atoms with E-state index in [-0.39, 0.29) is 17.5 Å². The molecule has 2 aromatic rings. The van der Waals surface area contributed by atoms with Gasteiger partial charge in [0.1, 0.15) is 5.75 Å². The van der Waals surface area contributed by atoms with Crippen LogP contribution in [0.2, 0.25) is 0 Å². The maximum absolute atomic E-state index is 12.2. The van der Waals surface area contributed by atoms with Gasteiger partial charge in [-0.05, 0) is 32.1 Å². The zero-order valence-corrected chi connectivity index (χ0v) is 16.1. The molecule has 0 aliphatic carbocycles. The van der Waals surface area contributed by atoms with Gasteiger partial charge in [0.05, 0.1) is 17.9 Å². The van der Waals surface area contributed by atoms with E-state index in [1.165, 1.54) is 18.3 Å². The third-order valence-corrected chi connectivity index (χ3v) is 4.64. The standard InChI is InChI=1S/C19H19N3O4S/c1-4-22(12(3)23)19-20-13(11-27-19)10-15-18(24)26-17(21-15)14-8-6-7-9-16(14)25-5-2/h6-11H,4-5H2,1-3H3/b15-10-. The highest BCUT2D eigenvalue weighted by Crippen LogP contribution is 2.27. The topological polar surface area (TPSA) is 81.1 Å². The van der Waals surface area contributed by atoms with Crippen molar-refractivity contribution in [1.82, 2.24) is 4.98 Å². The molecule has 0 radical (unpaired) electrons. The maximum Gasteiger partial charge on any atom is 0.363 e. The summed E-state index contributed by atoms with van der Waals surface area (Å²) in [6, 6.07) is 7.25. The summed E-state index contributed by atoms with van der Waals surface area (Å²) in [6.07, 6.45) is 1.55. The number of carbonyl (C=O) groups is 2. The van der Waals surface area contributed by atoms with Crippen LogP contribution in [-0.4, -0.2) is 35.9 Å². The van der Waals surface area contributed by atoms with E-state index >= 15 is 0 Å². The van der Waals surface area contributed by atoms with Crippen molar-refractivity contribution >= 4 is 40.3 Å². The fraction of sp³-hybridized carbons (Fsp3) is 0.263. The van der Waals surface area contributed by atoms with Crippen molar-refractivity contribution in [1.29, 1.82) is 0 Å². The number of amides is 1. The van der Waals surface area contributed by atoms with Gasteiger partial charge in [-0.2, -0.15) is 0 Å². The van der Waals surface area contributed by atoms with E-state index in [0.717, 1.165) is 0 Å². The number of benzene rings is 1. The third kappa shape index (κ3) is 4.06. The Labute approximate surface area is 161 Å². The summed E-state index contributed by atoms with van der Waals surface area (Å²) in [5.41, 5.74) is 1.31. The summed E-state index contributed by atoms with van der Waals surface area (Å²) in [7, 11) is 0. The van der Waals surface area contributed by atoms with E-state index < -0.39 is 5.97 Å². The first-order valence-corrected chi connectivity index (χ1v) is 9.39. The van der Waals surface area contributed by atoms with Gasteiger partial charge in [-0.3, -0.25) is 9.69 Å². The third-order valence-electron chi connectivity index (χ3n) is 3.76. The van der Waals surface area contributed by atoms with Crippen LogP contribution in [0.5, 0.6) is 5.75 Å². The average molecular weight is 385 g/mol. The fourth-order valence-corrected chi connectivity index (χ4v) is 3.44. The lowest BCUT2D eigenvalue weighted by Gasteiger charge is -2.14. The van der Waals surface area contributed by atoms with Crippen LogP contribution >= 0.6 is 11.3 Å². The van der Waals surface area contributed by atoms with Crippen LogP contribution in [0.3, 0.4) is 0 Å². The number of para-hydroxylation sites is 1. The minimum absolute atomic E-state index is 0.0841. The molecule has 7 nitrogen and oxygen atoms in total. The summed E-state index contributed by atoms with van der Waals surface area (Å²) in [5, 5.41) is 2.34. The highest BCUT2D eigenvalue weighted by atomic mass is 32.1. The van der Waals surface area contributed by atoms with Crippen molar-refractivity contribution in [2.75, 3.05) is 18.1 Å². The molecule has 140 valence electrons. The van der Waals surface area contributed by atoms with Crippen molar-refractivity contribution in [2.45, 2.75) is 20.8 Å². The van der Waals surface area contributed by atoms with Gasteiger partial charge in [0.2, 0.25) is 11.8 Å². The Morgan fingerprint density at radius 2 is 2.11 bits per heavy atom. The quantitative estimate of drug-likeness (QED) is 0.563. The number of thiazole rings is 1. The van der Waals surface area contributed by atoms with E-state index in [2.05, 4.69) is 9.98 Å². The Kier molecular flexibility index (Phi) is 5.66. The van der Waals surface area contributed by atoms with Crippen molar-refractivity contribution in [3.63, 3.8) is 0 Å². The lowest BCUT2D eigenvalue weighted by Crippen LogP contribution is -2.27. The molecule has 0 saturated heterocycles. The monoisotopic (exact) mass is 385 g/mol. The van der Waals surface area contributed by atoms with Gasteiger partial charge in [0.15, 0.2) is 10.8 Å². The lowest BCUT2D eigenvalue weighted by molar-refractivity contribution is -0.130. The highest BCUT2D eigenvalue weighted by Gasteiger charge is 2.26. The number of hydrogen-bond acceptors (Lipinski definition) is 7. The first-order chi connectivity index (χ1) is 13.0. The molecule has 0 atom stereocenters. The summed E-state index contributed by atoms with van der Waals surface area (Å²) >= 11 is 1.33. The summed E-state index contributed by atoms with van der Waals surface area (Å²) < 4.78 is 10.9. The van der Waals surface area contributed by atoms with Crippen LogP contribution in [0.1, 0.15) is 32.0 Å². The smallest absolute Gasteiger partial charge is 0.363 e. The van der Waals surface area contributed by atoms with Gasteiger partial charge in [-0.25, -0.2) is 14.8 Å². The van der Waals surface area contributed by atoms with Crippen LogP contribution in [0.4, 0.5) is 5.13 Å². The molecule has 1 aromatic heterocycles. The van der Waals surface area contributed by atoms with Crippen LogP contribution in [0.25, 0.3) is 6.08 Å². The molecular formula is C19H19N3O4S. The van der Waals surface area contributed by atoms with Gasteiger partial charge in [-0.1, -0.05) is 12.1 Å². The molecule has 0 spiro atoms. The van der Waals surface area contributed by atoms with Gasteiger partial charge in [0.25, 0.3) is 0 Å². The van der Waals surface area contributed by atoms with Crippen molar-refractivity contribution < 1.29 is 19.1 Å². The second-order valence-corrected chi connectivity index (χ2v) is 6.42. The van der Waals surface area contributed by atoms with E-state index in [4.69, 9.17) is 9.47 Å². The Morgan fingerprint density at radius 3 is 2.81 bits per heavy atom. The Bertz CT molecular complexity index is 933. The van der Waals surface area contributed by atoms with E-state index in [1.807, 2.05) is 26.0 Å². The number of hydrogen-bond donors (Lipinski definition) is 0. The molecule has 0 fully saturated rings. The maximum atomic E-state index is 12.2. The lowest BCUT2D eigenvalue weighted by atomic mass is 10.2. The Hall–Kier alpha value is -3.00. The van der Waals surface area contributed by atoms with Gasteiger partial charge >= 0.3 is 5.97 Å². The Balaban J connectivity index is 1.89. The first-order valence-electron chi connectivity index (χ1n) is 8.51. The fourth-order valence-electron chi connectivity index (χ4n) is 2.55. The zero-order chi connectivity index (χ0) is 19.4. The minimum Gasteiger partial charge on any atom is -0.493 e. The molecule has 27 heavy (non-hydrogen) atoms. The first kappa shape index (κ1) is 18.8. The van der Waals surface area contributed by atoms with Crippen molar-refractivity contribution in [3.8, 4) is 5.75 Å². The average Bonchev–Trinajstić information content (AvgIpc) is 3.24. The van der Waals surface area contributed by atoms with Gasteiger partial charge in [-0.15, -0.1) is 11.3 Å². The van der Waals surface area contributed by atoms with E-state index in [9.17, 15) is 9.59 Å². The normalized spacial score (nSPS) is 14.9. The summed E-state index contributed by atoms with van der Waals surface area (Å²) in [5.74, 6) is 0.164. The molecule has 1 aromatic carbocycles. The number of carbonyl (C=O) groups excluding carboxylic acids is 2. The van der Waals surface area contributed by atoms with Crippen LogP contribution in [0.15, 0.2) is 40.3 Å². The molecule has 1 aliphatic heterocycles. The number of ether oxygens (including phenoxy) is 2. The molecule has 1 amide bonds. The number of rotatable bonds is 6. The predicted molar refractivity (Wildman–Crippen MR) is 104 cm³/mol. The van der Waals surface area contributed by atoms with Crippen LogP contribution < -0.4 is 9.64 Å². The summed E-state index contributed by atoms with van der Waals surface area (Å²) in [4.78, 5) is 34.1. The SMILES string of the molecule is CCOc1ccccc1C1=N/C(=C\c2csc(N(CC)C(C)=O)n2)C(=O)O1. The molecular weight excluding hydrogens is 366 g/mol. The van der Waals surface area contributed by atoms with Gasteiger partial charge in [0, 0.05) is 18.8 Å². The molecule has 1 aliphatic rings. The van der Waals surface area contributed by atoms with E-state index in [1.54, 1.807) is 28.5 Å². The molecule has 0 bridgehead atoms. The molecule has 0 N–H and O–H groups in total. The predicted octanol–water partition coefficient (Wildman–Crippen LogP) is 3.26. The van der Waals surface area contributed by atoms with Crippen LogP contribution in [0, 0.1) is 0 Å². The number of cyclic esters (lactones) is 1.